The Morgan fingerprint density at radius 1 is 1.50 bits per heavy atom. The van der Waals surface area contributed by atoms with Crippen molar-refractivity contribution >= 4 is 23.6 Å². The van der Waals surface area contributed by atoms with Crippen LogP contribution < -0.4 is 10.5 Å². The van der Waals surface area contributed by atoms with Crippen molar-refractivity contribution in [3.05, 3.63) is 52.7 Å². The number of carbonyl (C=O) groups is 1. The second-order valence-electron chi connectivity index (χ2n) is 4.00. The number of rotatable bonds is 4. The van der Waals surface area contributed by atoms with E-state index in [0.717, 1.165) is 6.20 Å². The van der Waals surface area contributed by atoms with Crippen molar-refractivity contribution in [1.29, 1.82) is 5.26 Å². The summed E-state index contributed by atoms with van der Waals surface area (Å²) in [6.07, 6.45) is 2.17. The predicted octanol–water partition coefficient (Wildman–Crippen LogP) is 2.45. The number of benzene rings is 1. The fraction of sp³-hybridized carbons (Fsp3) is 0. The molecule has 110 valence electrons. The van der Waals surface area contributed by atoms with Crippen LogP contribution in [0.3, 0.4) is 0 Å². The number of nitrogens with zero attached hydrogens (tertiary/aromatic N) is 3. The van der Waals surface area contributed by atoms with Gasteiger partial charge in [-0.1, -0.05) is 12.1 Å². The van der Waals surface area contributed by atoms with Crippen molar-refractivity contribution in [3.63, 3.8) is 0 Å². The lowest BCUT2D eigenvalue weighted by atomic mass is 10.1. The first-order valence-electron chi connectivity index (χ1n) is 5.87. The first-order chi connectivity index (χ1) is 10.5. The Morgan fingerprint density at radius 2 is 2.27 bits per heavy atom. The van der Waals surface area contributed by atoms with Crippen molar-refractivity contribution in [2.45, 2.75) is 0 Å². The Balaban J connectivity index is 2.31. The molecule has 1 heterocycles. The lowest BCUT2D eigenvalue weighted by Crippen LogP contribution is -2.12. The number of hydrogen-bond donors (Lipinski definition) is 1. The van der Waals surface area contributed by atoms with Gasteiger partial charge in [0, 0.05) is 0 Å². The molecule has 0 aliphatic heterocycles. The third kappa shape index (κ3) is 3.77. The van der Waals surface area contributed by atoms with Crippen molar-refractivity contribution in [1.82, 2.24) is 9.97 Å². The molecule has 8 heteroatoms. The van der Waals surface area contributed by atoms with E-state index in [4.69, 9.17) is 27.3 Å². The van der Waals surface area contributed by atoms with Crippen LogP contribution in [-0.2, 0) is 4.79 Å². The van der Waals surface area contributed by atoms with Crippen LogP contribution in [0.25, 0.3) is 6.08 Å². The van der Waals surface area contributed by atoms with Gasteiger partial charge >= 0.3 is 0 Å². The Kier molecular flexibility index (Phi) is 4.66. The van der Waals surface area contributed by atoms with Crippen molar-refractivity contribution in [3.8, 4) is 17.7 Å². The van der Waals surface area contributed by atoms with E-state index < -0.39 is 11.7 Å². The molecule has 1 amide bonds. The summed E-state index contributed by atoms with van der Waals surface area (Å²) >= 11 is 5.57. The zero-order valence-corrected chi connectivity index (χ0v) is 11.7. The number of nitriles is 1. The van der Waals surface area contributed by atoms with E-state index in [1.807, 2.05) is 0 Å². The highest BCUT2D eigenvalue weighted by Gasteiger charge is 2.09. The predicted molar refractivity (Wildman–Crippen MR) is 76.3 cm³/mol. The van der Waals surface area contributed by atoms with Crippen LogP contribution in [0.4, 0.5) is 4.39 Å². The molecule has 0 unspecified atom stereocenters. The standard InChI is InChI=1S/C14H8ClFN4O2/c15-14-19-7-11(16)13(20-14)22-10-3-1-2-8(5-10)4-9(6-17)12(18)21/h1-5,7H,(H2,18,21)/b9-4+. The van der Waals surface area contributed by atoms with E-state index in [2.05, 4.69) is 9.97 Å². The summed E-state index contributed by atoms with van der Waals surface area (Å²) in [4.78, 5) is 18.1. The molecule has 1 aromatic carbocycles. The van der Waals surface area contributed by atoms with E-state index in [9.17, 15) is 9.18 Å². The molecule has 0 aliphatic carbocycles. The average Bonchev–Trinajstić information content (AvgIpc) is 2.48. The molecule has 0 aliphatic rings. The molecule has 0 saturated heterocycles. The number of aromatic nitrogens is 2. The van der Waals surface area contributed by atoms with Crippen molar-refractivity contribution in [2.75, 3.05) is 0 Å². The van der Waals surface area contributed by atoms with Gasteiger partial charge < -0.3 is 10.5 Å². The number of ether oxygens (including phenoxy) is 1. The quantitative estimate of drug-likeness (QED) is 0.530. The monoisotopic (exact) mass is 318 g/mol. The van der Waals surface area contributed by atoms with Crippen molar-refractivity contribution < 1.29 is 13.9 Å². The second-order valence-corrected chi connectivity index (χ2v) is 4.34. The highest BCUT2D eigenvalue weighted by atomic mass is 35.5. The van der Waals surface area contributed by atoms with Crippen LogP contribution in [0.2, 0.25) is 5.28 Å². The van der Waals surface area contributed by atoms with Gasteiger partial charge in [-0.3, -0.25) is 4.79 Å². The molecule has 0 radical (unpaired) electrons. The summed E-state index contributed by atoms with van der Waals surface area (Å²) in [6, 6.07) is 7.93. The van der Waals surface area contributed by atoms with Gasteiger partial charge in [0.1, 0.15) is 17.4 Å². The molecule has 6 nitrogen and oxygen atoms in total. The number of amides is 1. The second kappa shape index (κ2) is 6.65. The first kappa shape index (κ1) is 15.4. The Morgan fingerprint density at radius 3 is 2.95 bits per heavy atom. The molecular weight excluding hydrogens is 311 g/mol. The zero-order chi connectivity index (χ0) is 16.1. The van der Waals surface area contributed by atoms with E-state index in [-0.39, 0.29) is 22.5 Å². The molecule has 0 bridgehead atoms. The Hall–Kier alpha value is -2.98. The number of carbonyl (C=O) groups excluding carboxylic acids is 1. The number of halogens is 2. The van der Waals surface area contributed by atoms with E-state index in [1.54, 1.807) is 24.3 Å². The van der Waals surface area contributed by atoms with Gasteiger partial charge in [-0.25, -0.2) is 4.98 Å². The molecule has 0 fully saturated rings. The highest BCUT2D eigenvalue weighted by Crippen LogP contribution is 2.24. The van der Waals surface area contributed by atoms with Crippen LogP contribution in [0.5, 0.6) is 11.6 Å². The number of primary amides is 1. The minimum absolute atomic E-state index is 0.159. The SMILES string of the molecule is N#C/C(=C\c1cccc(Oc2nc(Cl)ncc2F)c1)C(N)=O. The maximum absolute atomic E-state index is 13.5. The summed E-state index contributed by atoms with van der Waals surface area (Å²) in [5.41, 5.74) is 5.32. The minimum atomic E-state index is -0.845. The third-order valence-electron chi connectivity index (χ3n) is 2.45. The van der Waals surface area contributed by atoms with E-state index in [0.29, 0.717) is 5.56 Å². The maximum atomic E-state index is 13.5. The number of nitrogens with two attached hydrogens (primary N) is 1. The summed E-state index contributed by atoms with van der Waals surface area (Å²) in [6.45, 7) is 0. The Bertz CT molecular complexity index is 802. The van der Waals surface area contributed by atoms with Gasteiger partial charge in [-0.2, -0.15) is 14.6 Å². The summed E-state index contributed by atoms with van der Waals surface area (Å²) in [5, 5.41) is 8.64. The van der Waals surface area contributed by atoms with Gasteiger partial charge in [0.25, 0.3) is 11.8 Å². The fourth-order valence-electron chi connectivity index (χ4n) is 1.51. The molecular formula is C14H8ClFN4O2. The smallest absolute Gasteiger partial charge is 0.260 e. The lowest BCUT2D eigenvalue weighted by molar-refractivity contribution is -0.114. The molecule has 0 spiro atoms. The molecule has 0 atom stereocenters. The van der Waals surface area contributed by atoms with Gasteiger partial charge in [0.15, 0.2) is 0 Å². The van der Waals surface area contributed by atoms with Gasteiger partial charge in [-0.15, -0.1) is 0 Å². The van der Waals surface area contributed by atoms with Gasteiger partial charge in [0.2, 0.25) is 11.1 Å². The van der Waals surface area contributed by atoms with Gasteiger partial charge in [-0.05, 0) is 35.4 Å². The lowest BCUT2D eigenvalue weighted by Gasteiger charge is -2.06. The third-order valence-corrected chi connectivity index (χ3v) is 2.63. The van der Waals surface area contributed by atoms with Crippen molar-refractivity contribution in [2.24, 2.45) is 5.73 Å². The summed E-state index contributed by atoms with van der Waals surface area (Å²) in [5.74, 6) is -1.72. The normalized spacial score (nSPS) is 10.9. The topological polar surface area (TPSA) is 102 Å². The molecule has 2 N–H and O–H groups in total. The Labute approximate surface area is 129 Å². The minimum Gasteiger partial charge on any atom is -0.436 e. The van der Waals surface area contributed by atoms with E-state index in [1.165, 1.54) is 12.1 Å². The van der Waals surface area contributed by atoms with Crippen LogP contribution in [-0.4, -0.2) is 15.9 Å². The summed E-state index contributed by atoms with van der Waals surface area (Å²) in [7, 11) is 0. The first-order valence-corrected chi connectivity index (χ1v) is 6.25. The maximum Gasteiger partial charge on any atom is 0.260 e. The molecule has 2 aromatic rings. The largest absolute Gasteiger partial charge is 0.436 e. The molecule has 2 rings (SSSR count). The van der Waals surface area contributed by atoms with E-state index >= 15 is 0 Å². The van der Waals surface area contributed by atoms with Crippen LogP contribution in [0, 0.1) is 17.1 Å². The molecule has 0 saturated carbocycles. The fourth-order valence-corrected chi connectivity index (χ4v) is 1.63. The van der Waals surface area contributed by atoms with Crippen LogP contribution in [0.15, 0.2) is 36.0 Å². The van der Waals surface area contributed by atoms with Crippen LogP contribution in [0.1, 0.15) is 5.56 Å². The number of hydrogen-bond acceptors (Lipinski definition) is 5. The van der Waals surface area contributed by atoms with Gasteiger partial charge in [0.05, 0.1) is 6.20 Å². The molecule has 22 heavy (non-hydrogen) atoms. The molecule has 1 aromatic heterocycles. The van der Waals surface area contributed by atoms with Crippen LogP contribution >= 0.6 is 11.6 Å². The highest BCUT2D eigenvalue weighted by molar-refractivity contribution is 6.28. The zero-order valence-electron chi connectivity index (χ0n) is 11.0. The average molecular weight is 319 g/mol. The summed E-state index contributed by atoms with van der Waals surface area (Å²) < 4.78 is 18.8.